The molecule has 0 unspecified atom stereocenters. The molecule has 10 heteroatoms. The Balaban J connectivity index is 0.000000211. The maximum absolute atomic E-state index is 10.8. The highest BCUT2D eigenvalue weighted by Gasteiger charge is 2.11. The monoisotopic (exact) mass is 590 g/mol. The number of carbonyl (C=O) groups is 2. The van der Waals surface area contributed by atoms with Crippen molar-refractivity contribution in [2.24, 2.45) is 0 Å². The van der Waals surface area contributed by atoms with Crippen LogP contribution in [0.15, 0.2) is 84.9 Å². The molecule has 4 rings (SSSR count). The molecule has 0 aliphatic rings. The molecule has 0 spiro atoms. The molecule has 0 heterocycles. The van der Waals surface area contributed by atoms with Gasteiger partial charge in [-0.25, -0.2) is 0 Å². The van der Waals surface area contributed by atoms with Crippen LogP contribution >= 0.6 is 46.4 Å². The average Bonchev–Trinajstić information content (AvgIpc) is 2.86. The van der Waals surface area contributed by atoms with E-state index in [1.807, 2.05) is 12.1 Å². The van der Waals surface area contributed by atoms with E-state index in [1.165, 1.54) is 0 Å². The number of aliphatic carboxylic acids is 2. The number of para-hydroxylation sites is 4. The fourth-order valence-electron chi connectivity index (χ4n) is 3.42. The second-order valence-electron chi connectivity index (χ2n) is 7.90. The van der Waals surface area contributed by atoms with E-state index >= 15 is 0 Å². The van der Waals surface area contributed by atoms with Crippen molar-refractivity contribution in [3.05, 3.63) is 116 Å². The van der Waals surface area contributed by atoms with Crippen LogP contribution in [-0.4, -0.2) is 22.2 Å². The van der Waals surface area contributed by atoms with Crippen LogP contribution in [0.3, 0.4) is 0 Å². The zero-order valence-electron chi connectivity index (χ0n) is 19.7. The van der Waals surface area contributed by atoms with E-state index in [9.17, 15) is 9.59 Å². The average molecular weight is 592 g/mol. The minimum atomic E-state index is -0.889. The summed E-state index contributed by atoms with van der Waals surface area (Å²) in [5.74, 6) is -1.78. The zero-order chi connectivity index (χ0) is 27.7. The highest BCUT2D eigenvalue weighted by molar-refractivity contribution is 6.39. The smallest absolute Gasteiger partial charge is 0.307 e. The molecule has 0 saturated carbocycles. The third-order valence-electron chi connectivity index (χ3n) is 5.16. The number of rotatable bonds is 8. The summed E-state index contributed by atoms with van der Waals surface area (Å²) >= 11 is 24.3. The van der Waals surface area contributed by atoms with Gasteiger partial charge in [0.25, 0.3) is 0 Å². The molecule has 0 atom stereocenters. The minimum absolute atomic E-state index is 0.0642. The highest BCUT2D eigenvalue weighted by atomic mass is 35.5. The summed E-state index contributed by atoms with van der Waals surface area (Å²) in [5, 5.41) is 25.9. The van der Waals surface area contributed by atoms with Gasteiger partial charge in [0.15, 0.2) is 0 Å². The number of nitrogens with one attached hydrogen (secondary N) is 2. The minimum Gasteiger partial charge on any atom is -0.481 e. The van der Waals surface area contributed by atoms with Gasteiger partial charge in [-0.15, -0.1) is 0 Å². The summed E-state index contributed by atoms with van der Waals surface area (Å²) in [5.41, 5.74) is 3.85. The molecular formula is C28H22Cl4N2O4. The number of hydrogen-bond donors (Lipinski definition) is 4. The zero-order valence-corrected chi connectivity index (χ0v) is 22.7. The van der Waals surface area contributed by atoms with Crippen molar-refractivity contribution in [3.63, 3.8) is 0 Å². The molecule has 0 aliphatic carbocycles. The Kier molecular flexibility index (Phi) is 10.7. The molecule has 0 aliphatic heterocycles. The van der Waals surface area contributed by atoms with Crippen molar-refractivity contribution >= 4 is 81.1 Å². The third-order valence-corrected chi connectivity index (χ3v) is 6.42. The van der Waals surface area contributed by atoms with Crippen molar-refractivity contribution in [2.45, 2.75) is 12.8 Å². The van der Waals surface area contributed by atoms with Gasteiger partial charge in [-0.1, -0.05) is 94.9 Å². The normalized spacial score (nSPS) is 10.2. The number of halogens is 4. The van der Waals surface area contributed by atoms with Crippen molar-refractivity contribution in [1.82, 2.24) is 0 Å². The first kappa shape index (κ1) is 29.1. The van der Waals surface area contributed by atoms with Crippen LogP contribution in [0.5, 0.6) is 0 Å². The lowest BCUT2D eigenvalue weighted by Crippen LogP contribution is -2.04. The van der Waals surface area contributed by atoms with E-state index < -0.39 is 11.9 Å². The van der Waals surface area contributed by atoms with Crippen LogP contribution in [-0.2, 0) is 22.4 Å². The van der Waals surface area contributed by atoms with E-state index in [0.29, 0.717) is 54.0 Å². The highest BCUT2D eigenvalue weighted by Crippen LogP contribution is 2.34. The van der Waals surface area contributed by atoms with E-state index in [4.69, 9.17) is 56.6 Å². The van der Waals surface area contributed by atoms with E-state index in [0.717, 1.165) is 0 Å². The summed E-state index contributed by atoms with van der Waals surface area (Å²) in [4.78, 5) is 21.7. The molecule has 0 aromatic heterocycles. The molecular weight excluding hydrogens is 570 g/mol. The maximum Gasteiger partial charge on any atom is 0.307 e. The quantitative estimate of drug-likeness (QED) is 0.163. The van der Waals surface area contributed by atoms with Crippen molar-refractivity contribution in [2.75, 3.05) is 10.6 Å². The predicted octanol–water partition coefficient (Wildman–Crippen LogP) is 8.73. The van der Waals surface area contributed by atoms with Crippen LogP contribution in [0.25, 0.3) is 0 Å². The summed E-state index contributed by atoms with van der Waals surface area (Å²) < 4.78 is 0. The van der Waals surface area contributed by atoms with Crippen LogP contribution in [0.4, 0.5) is 22.7 Å². The summed E-state index contributed by atoms with van der Waals surface area (Å²) in [6.07, 6.45) is -0.128. The molecule has 4 N–H and O–H groups in total. The number of benzene rings is 4. The van der Waals surface area contributed by atoms with Crippen LogP contribution < -0.4 is 10.6 Å². The molecule has 38 heavy (non-hydrogen) atoms. The Bertz CT molecular complexity index is 1300. The van der Waals surface area contributed by atoms with Gasteiger partial charge >= 0.3 is 11.9 Å². The van der Waals surface area contributed by atoms with Gasteiger partial charge in [-0.3, -0.25) is 9.59 Å². The van der Waals surface area contributed by atoms with E-state index in [-0.39, 0.29) is 12.8 Å². The van der Waals surface area contributed by atoms with Crippen molar-refractivity contribution in [1.29, 1.82) is 0 Å². The van der Waals surface area contributed by atoms with Crippen molar-refractivity contribution < 1.29 is 19.8 Å². The molecule has 0 amide bonds. The standard InChI is InChI=1S/2C14H11Cl2NO2/c2*15-10-5-3-6-11(16)14(10)17-12-7-2-1-4-9(12)8-13(18)19/h2*1-7,17H,8H2,(H,18,19). The molecule has 4 aromatic rings. The molecule has 0 bridgehead atoms. The first-order valence-electron chi connectivity index (χ1n) is 11.2. The first-order chi connectivity index (χ1) is 18.2. The van der Waals surface area contributed by atoms with Gasteiger partial charge in [0.05, 0.1) is 44.3 Å². The number of anilines is 4. The largest absolute Gasteiger partial charge is 0.481 e. The Morgan fingerprint density at radius 1 is 0.526 bits per heavy atom. The van der Waals surface area contributed by atoms with E-state index in [1.54, 1.807) is 72.8 Å². The van der Waals surface area contributed by atoms with Gasteiger partial charge in [-0.2, -0.15) is 0 Å². The molecule has 0 radical (unpaired) electrons. The second-order valence-corrected chi connectivity index (χ2v) is 9.53. The SMILES string of the molecule is O=C(O)Cc1ccccc1Nc1c(Cl)cccc1Cl.O=C(O)Cc1ccccc1Nc1c(Cl)cccc1Cl. The van der Waals surface area contributed by atoms with Gasteiger partial charge < -0.3 is 20.8 Å². The Morgan fingerprint density at radius 2 is 0.842 bits per heavy atom. The Labute approximate surface area is 239 Å². The van der Waals surface area contributed by atoms with Crippen LogP contribution in [0.1, 0.15) is 11.1 Å². The summed E-state index contributed by atoms with van der Waals surface area (Å²) in [6.45, 7) is 0. The number of hydrogen-bond acceptors (Lipinski definition) is 4. The third kappa shape index (κ3) is 8.30. The molecule has 0 saturated heterocycles. The fourth-order valence-corrected chi connectivity index (χ4v) is 4.41. The van der Waals surface area contributed by atoms with Gasteiger partial charge in [0.1, 0.15) is 0 Å². The van der Waals surface area contributed by atoms with Crippen molar-refractivity contribution in [3.8, 4) is 0 Å². The second kappa shape index (κ2) is 13.9. The Morgan fingerprint density at radius 3 is 1.16 bits per heavy atom. The van der Waals surface area contributed by atoms with Gasteiger partial charge in [0, 0.05) is 11.4 Å². The fraction of sp³-hybridized carbons (Fsp3) is 0.0714. The van der Waals surface area contributed by atoms with Crippen LogP contribution in [0.2, 0.25) is 20.1 Å². The van der Waals surface area contributed by atoms with Crippen LogP contribution in [0, 0.1) is 0 Å². The first-order valence-corrected chi connectivity index (χ1v) is 12.7. The lowest BCUT2D eigenvalue weighted by molar-refractivity contribution is -0.137. The lowest BCUT2D eigenvalue weighted by atomic mass is 10.1. The maximum atomic E-state index is 10.8. The lowest BCUT2D eigenvalue weighted by Gasteiger charge is -2.13. The topological polar surface area (TPSA) is 98.7 Å². The van der Waals surface area contributed by atoms with Gasteiger partial charge in [0.2, 0.25) is 0 Å². The summed E-state index contributed by atoms with van der Waals surface area (Å²) in [6, 6.07) is 24.7. The molecule has 6 nitrogen and oxygen atoms in total. The molecule has 196 valence electrons. The van der Waals surface area contributed by atoms with Gasteiger partial charge in [-0.05, 0) is 47.5 Å². The predicted molar refractivity (Wildman–Crippen MR) is 155 cm³/mol. The number of carboxylic acids is 2. The Hall–Kier alpha value is -3.42. The van der Waals surface area contributed by atoms with E-state index in [2.05, 4.69) is 10.6 Å². The molecule has 4 aromatic carbocycles. The molecule has 0 fully saturated rings. The number of carboxylic acid groups (broad SMARTS) is 2. The summed E-state index contributed by atoms with van der Waals surface area (Å²) in [7, 11) is 0.